The third-order valence-corrected chi connectivity index (χ3v) is 2.83. The molecule has 106 valence electrons. The largest absolute Gasteiger partial charge is 0.496 e. The molecule has 0 unspecified atom stereocenters. The summed E-state index contributed by atoms with van der Waals surface area (Å²) in [6, 6.07) is 7.66. The van der Waals surface area contributed by atoms with Crippen molar-refractivity contribution < 1.29 is 9.53 Å². The van der Waals surface area contributed by atoms with Crippen molar-refractivity contribution in [2.24, 2.45) is 5.73 Å². The van der Waals surface area contributed by atoms with Crippen molar-refractivity contribution in [3.63, 3.8) is 0 Å². The highest BCUT2D eigenvalue weighted by Gasteiger charge is 2.07. The number of ether oxygens (including phenoxy) is 1. The van der Waals surface area contributed by atoms with E-state index in [4.69, 9.17) is 10.5 Å². The van der Waals surface area contributed by atoms with E-state index in [1.807, 2.05) is 36.2 Å². The number of hydrogen-bond donors (Lipinski definition) is 2. The van der Waals surface area contributed by atoms with E-state index in [9.17, 15) is 4.79 Å². The van der Waals surface area contributed by atoms with Crippen molar-refractivity contribution in [1.29, 1.82) is 0 Å². The standard InChI is InChI=1S/C14H23N3O2/c1-17(9-5-8-15)11-14(18)16-10-12-6-3-4-7-13(12)19-2/h3-4,6-7H,5,8-11,15H2,1-2H3,(H,16,18). The predicted octanol–water partition coefficient (Wildman–Crippen LogP) is 0.592. The second-order valence-electron chi connectivity index (χ2n) is 4.47. The molecule has 1 aromatic carbocycles. The quantitative estimate of drug-likeness (QED) is 0.722. The van der Waals surface area contributed by atoms with E-state index in [1.165, 1.54) is 0 Å². The van der Waals surface area contributed by atoms with Crippen molar-refractivity contribution in [2.75, 3.05) is 33.8 Å². The topological polar surface area (TPSA) is 67.6 Å². The van der Waals surface area contributed by atoms with Crippen LogP contribution in [-0.2, 0) is 11.3 Å². The van der Waals surface area contributed by atoms with Gasteiger partial charge in [-0.2, -0.15) is 0 Å². The van der Waals surface area contributed by atoms with Gasteiger partial charge in [0.2, 0.25) is 5.91 Å². The number of amides is 1. The lowest BCUT2D eigenvalue weighted by Gasteiger charge is -2.16. The Morgan fingerprint density at radius 2 is 2.16 bits per heavy atom. The minimum Gasteiger partial charge on any atom is -0.496 e. The van der Waals surface area contributed by atoms with Crippen molar-refractivity contribution >= 4 is 5.91 Å². The fourth-order valence-corrected chi connectivity index (χ4v) is 1.78. The normalized spacial score (nSPS) is 10.5. The van der Waals surface area contributed by atoms with Gasteiger partial charge >= 0.3 is 0 Å². The number of carbonyl (C=O) groups excluding carboxylic acids is 1. The van der Waals surface area contributed by atoms with Crippen LogP contribution in [0.3, 0.4) is 0 Å². The summed E-state index contributed by atoms with van der Waals surface area (Å²) in [5.74, 6) is 0.796. The summed E-state index contributed by atoms with van der Waals surface area (Å²) >= 11 is 0. The summed E-state index contributed by atoms with van der Waals surface area (Å²) in [5, 5.41) is 2.89. The molecule has 1 aromatic rings. The Bertz CT molecular complexity index is 396. The summed E-state index contributed by atoms with van der Waals surface area (Å²) in [6.45, 7) is 2.34. The van der Waals surface area contributed by atoms with Gasteiger partial charge in [0.05, 0.1) is 13.7 Å². The SMILES string of the molecule is COc1ccccc1CNC(=O)CN(C)CCCN. The van der Waals surface area contributed by atoms with Crippen LogP contribution in [0.15, 0.2) is 24.3 Å². The maximum absolute atomic E-state index is 11.8. The summed E-state index contributed by atoms with van der Waals surface area (Å²) in [7, 11) is 3.54. The molecular weight excluding hydrogens is 242 g/mol. The fourth-order valence-electron chi connectivity index (χ4n) is 1.78. The van der Waals surface area contributed by atoms with E-state index < -0.39 is 0 Å². The van der Waals surface area contributed by atoms with Crippen LogP contribution >= 0.6 is 0 Å². The molecule has 0 aromatic heterocycles. The van der Waals surface area contributed by atoms with Crippen molar-refractivity contribution in [3.8, 4) is 5.75 Å². The number of nitrogens with one attached hydrogen (secondary N) is 1. The summed E-state index contributed by atoms with van der Waals surface area (Å²) < 4.78 is 5.24. The van der Waals surface area contributed by atoms with Crippen molar-refractivity contribution in [3.05, 3.63) is 29.8 Å². The lowest BCUT2D eigenvalue weighted by atomic mass is 10.2. The minimum atomic E-state index is 0.00503. The Balaban J connectivity index is 2.37. The number of carbonyl (C=O) groups is 1. The number of methoxy groups -OCH3 is 1. The molecule has 0 heterocycles. The highest BCUT2D eigenvalue weighted by Crippen LogP contribution is 2.16. The Hall–Kier alpha value is -1.59. The molecule has 0 aliphatic carbocycles. The number of hydrogen-bond acceptors (Lipinski definition) is 4. The first kappa shape index (κ1) is 15.5. The van der Waals surface area contributed by atoms with E-state index in [-0.39, 0.29) is 5.91 Å². The molecule has 0 aliphatic rings. The van der Waals surface area contributed by atoms with E-state index >= 15 is 0 Å². The molecule has 0 bridgehead atoms. The zero-order valence-electron chi connectivity index (χ0n) is 11.7. The number of likely N-dealkylation sites (N-methyl/N-ethyl adjacent to an activating group) is 1. The van der Waals surface area contributed by atoms with Crippen LogP contribution in [0.1, 0.15) is 12.0 Å². The molecule has 1 rings (SSSR count). The summed E-state index contributed by atoms with van der Waals surface area (Å²) in [5.41, 5.74) is 6.41. The average Bonchev–Trinajstić information content (AvgIpc) is 2.43. The summed E-state index contributed by atoms with van der Waals surface area (Å²) in [4.78, 5) is 13.7. The number of para-hydroxylation sites is 1. The highest BCUT2D eigenvalue weighted by atomic mass is 16.5. The Kier molecular flexibility index (Phi) is 6.92. The molecule has 0 spiro atoms. The van der Waals surface area contributed by atoms with E-state index in [2.05, 4.69) is 5.32 Å². The Morgan fingerprint density at radius 1 is 1.42 bits per heavy atom. The van der Waals surface area contributed by atoms with Gasteiger partial charge in [-0.1, -0.05) is 18.2 Å². The van der Waals surface area contributed by atoms with Crippen LogP contribution in [0.4, 0.5) is 0 Å². The highest BCUT2D eigenvalue weighted by molar-refractivity contribution is 5.78. The third kappa shape index (κ3) is 5.72. The first-order valence-electron chi connectivity index (χ1n) is 6.44. The lowest BCUT2D eigenvalue weighted by molar-refractivity contribution is -0.122. The van der Waals surface area contributed by atoms with Crippen molar-refractivity contribution in [2.45, 2.75) is 13.0 Å². The molecule has 0 saturated carbocycles. The molecule has 0 atom stereocenters. The Morgan fingerprint density at radius 3 is 2.84 bits per heavy atom. The van der Waals surface area contributed by atoms with Crippen LogP contribution in [-0.4, -0.2) is 44.6 Å². The molecule has 3 N–H and O–H groups in total. The van der Waals surface area contributed by atoms with Gasteiger partial charge < -0.3 is 15.8 Å². The van der Waals surface area contributed by atoms with Crippen LogP contribution in [0.25, 0.3) is 0 Å². The maximum Gasteiger partial charge on any atom is 0.234 e. The number of nitrogens with zero attached hydrogens (tertiary/aromatic N) is 1. The van der Waals surface area contributed by atoms with Gasteiger partial charge in [-0.3, -0.25) is 9.69 Å². The minimum absolute atomic E-state index is 0.00503. The molecule has 0 radical (unpaired) electrons. The van der Waals surface area contributed by atoms with Gasteiger partial charge in [-0.05, 0) is 32.6 Å². The van der Waals surface area contributed by atoms with Gasteiger partial charge in [0, 0.05) is 12.1 Å². The second kappa shape index (κ2) is 8.50. The first-order valence-corrected chi connectivity index (χ1v) is 6.44. The van der Waals surface area contributed by atoms with Gasteiger partial charge in [0.1, 0.15) is 5.75 Å². The van der Waals surface area contributed by atoms with Gasteiger partial charge in [-0.15, -0.1) is 0 Å². The van der Waals surface area contributed by atoms with Gasteiger partial charge in [0.15, 0.2) is 0 Å². The molecule has 5 nitrogen and oxygen atoms in total. The molecule has 0 saturated heterocycles. The van der Waals surface area contributed by atoms with Crippen molar-refractivity contribution in [1.82, 2.24) is 10.2 Å². The van der Waals surface area contributed by atoms with Crippen LogP contribution < -0.4 is 15.8 Å². The Labute approximate surface area is 114 Å². The van der Waals surface area contributed by atoms with Crippen LogP contribution in [0, 0.1) is 0 Å². The van der Waals surface area contributed by atoms with Gasteiger partial charge in [0.25, 0.3) is 0 Å². The second-order valence-corrected chi connectivity index (χ2v) is 4.47. The van der Waals surface area contributed by atoms with Crippen LogP contribution in [0.2, 0.25) is 0 Å². The van der Waals surface area contributed by atoms with Gasteiger partial charge in [-0.25, -0.2) is 0 Å². The number of nitrogens with two attached hydrogens (primary N) is 1. The monoisotopic (exact) mass is 265 g/mol. The molecular formula is C14H23N3O2. The maximum atomic E-state index is 11.8. The summed E-state index contributed by atoms with van der Waals surface area (Å²) in [6.07, 6.45) is 0.899. The molecule has 0 fully saturated rings. The first-order chi connectivity index (χ1) is 9.17. The van der Waals surface area contributed by atoms with E-state index in [0.717, 1.165) is 24.3 Å². The zero-order valence-corrected chi connectivity index (χ0v) is 11.7. The predicted molar refractivity (Wildman–Crippen MR) is 76.0 cm³/mol. The number of benzene rings is 1. The average molecular weight is 265 g/mol. The molecule has 0 aliphatic heterocycles. The smallest absolute Gasteiger partial charge is 0.234 e. The molecule has 1 amide bonds. The third-order valence-electron chi connectivity index (χ3n) is 2.83. The molecule has 19 heavy (non-hydrogen) atoms. The van der Waals surface area contributed by atoms with Crippen LogP contribution in [0.5, 0.6) is 5.75 Å². The van der Waals surface area contributed by atoms with E-state index in [0.29, 0.717) is 19.6 Å². The van der Waals surface area contributed by atoms with E-state index in [1.54, 1.807) is 7.11 Å². The molecule has 5 heteroatoms. The lowest BCUT2D eigenvalue weighted by Crippen LogP contribution is -2.35. The fraction of sp³-hybridized carbons (Fsp3) is 0.500. The zero-order chi connectivity index (χ0) is 14.1. The number of rotatable bonds is 8.